The number of rotatable bonds is 3. The lowest BCUT2D eigenvalue weighted by atomic mass is 9.84. The Bertz CT molecular complexity index is 263. The molecular weight excluding hydrogens is 192 g/mol. The molecule has 4 nitrogen and oxygen atoms in total. The third-order valence-corrected chi connectivity index (χ3v) is 2.94. The van der Waals surface area contributed by atoms with Crippen molar-refractivity contribution in [2.45, 2.75) is 39.3 Å². The lowest BCUT2D eigenvalue weighted by Crippen LogP contribution is -2.48. The predicted molar refractivity (Wildman–Crippen MR) is 60.6 cm³/mol. The molecule has 1 heterocycles. The summed E-state index contributed by atoms with van der Waals surface area (Å²) in [5, 5.41) is 22.3. The zero-order valence-electron chi connectivity index (χ0n) is 9.51. The van der Waals surface area contributed by atoms with Gasteiger partial charge in [0.25, 0.3) is 0 Å². The van der Waals surface area contributed by atoms with Crippen molar-refractivity contribution in [1.82, 2.24) is 5.32 Å². The molecule has 15 heavy (non-hydrogen) atoms. The minimum Gasteiger partial charge on any atom is -0.374 e. The van der Waals surface area contributed by atoms with Crippen LogP contribution in [-0.4, -0.2) is 35.4 Å². The standard InChI is InChI=1S/C11H20N2O2/c1-6(2)8-5-9(10(14)12-4)11(15)13-7(8)3/h5-8,10-11,13-15H,4H2,1-3H3. The molecule has 0 aromatic carbocycles. The van der Waals surface area contributed by atoms with E-state index in [9.17, 15) is 10.2 Å². The van der Waals surface area contributed by atoms with Gasteiger partial charge in [-0.25, -0.2) is 0 Å². The van der Waals surface area contributed by atoms with Crippen LogP contribution in [0.3, 0.4) is 0 Å². The molecule has 0 aliphatic carbocycles. The molecule has 0 amide bonds. The largest absolute Gasteiger partial charge is 0.374 e. The molecule has 0 aromatic rings. The summed E-state index contributed by atoms with van der Waals surface area (Å²) in [7, 11) is 0. The second kappa shape index (κ2) is 4.88. The molecule has 86 valence electrons. The molecule has 0 spiro atoms. The van der Waals surface area contributed by atoms with E-state index in [0.717, 1.165) is 0 Å². The number of aliphatic imine (C=N–C) groups is 1. The second-order valence-corrected chi connectivity index (χ2v) is 4.40. The quantitative estimate of drug-likeness (QED) is 0.472. The molecule has 4 atom stereocenters. The van der Waals surface area contributed by atoms with Gasteiger partial charge in [-0.05, 0) is 25.5 Å². The fraction of sp³-hybridized carbons (Fsp3) is 0.727. The molecule has 4 unspecified atom stereocenters. The summed E-state index contributed by atoms with van der Waals surface area (Å²) in [6.07, 6.45) is 0.0762. The summed E-state index contributed by atoms with van der Waals surface area (Å²) < 4.78 is 0. The van der Waals surface area contributed by atoms with Crippen LogP contribution in [0.4, 0.5) is 0 Å². The van der Waals surface area contributed by atoms with Crippen molar-refractivity contribution in [3.05, 3.63) is 11.6 Å². The molecule has 3 N–H and O–H groups in total. The van der Waals surface area contributed by atoms with Gasteiger partial charge in [-0.15, -0.1) is 0 Å². The van der Waals surface area contributed by atoms with Crippen molar-refractivity contribution in [3.63, 3.8) is 0 Å². The molecule has 1 rings (SSSR count). The minimum absolute atomic E-state index is 0.195. The van der Waals surface area contributed by atoms with Gasteiger partial charge in [-0.2, -0.15) is 0 Å². The number of nitrogens with zero attached hydrogens (tertiary/aromatic N) is 1. The molecule has 1 aliphatic heterocycles. The van der Waals surface area contributed by atoms with E-state index in [1.54, 1.807) is 0 Å². The minimum atomic E-state index is -1.01. The van der Waals surface area contributed by atoms with Gasteiger partial charge in [0, 0.05) is 11.6 Å². The first-order valence-corrected chi connectivity index (χ1v) is 5.27. The van der Waals surface area contributed by atoms with Crippen molar-refractivity contribution < 1.29 is 10.2 Å². The molecule has 1 aliphatic rings. The Morgan fingerprint density at radius 3 is 2.60 bits per heavy atom. The average molecular weight is 212 g/mol. The van der Waals surface area contributed by atoms with E-state index in [0.29, 0.717) is 17.4 Å². The maximum absolute atomic E-state index is 9.71. The van der Waals surface area contributed by atoms with E-state index < -0.39 is 12.5 Å². The summed E-state index contributed by atoms with van der Waals surface area (Å²) >= 11 is 0. The van der Waals surface area contributed by atoms with E-state index in [4.69, 9.17) is 0 Å². The van der Waals surface area contributed by atoms with Gasteiger partial charge in [-0.1, -0.05) is 19.9 Å². The highest BCUT2D eigenvalue weighted by Crippen LogP contribution is 2.26. The van der Waals surface area contributed by atoms with Gasteiger partial charge in [0.1, 0.15) is 6.23 Å². The summed E-state index contributed by atoms with van der Waals surface area (Å²) in [5.74, 6) is 0.742. The predicted octanol–water partition coefficient (Wildman–Crippen LogP) is 0.514. The molecule has 0 saturated heterocycles. The highest BCUT2D eigenvalue weighted by molar-refractivity contribution is 5.28. The summed E-state index contributed by atoms with van der Waals surface area (Å²) in [5.41, 5.74) is 0.502. The second-order valence-electron chi connectivity index (χ2n) is 4.40. The van der Waals surface area contributed by atoms with Crippen molar-refractivity contribution in [2.24, 2.45) is 16.8 Å². The normalized spacial score (nSPS) is 33.7. The molecule has 0 aromatic heterocycles. The van der Waals surface area contributed by atoms with Crippen LogP contribution in [0.5, 0.6) is 0 Å². The number of aliphatic hydroxyl groups excluding tert-OH is 2. The van der Waals surface area contributed by atoms with Gasteiger partial charge in [0.2, 0.25) is 0 Å². The Morgan fingerprint density at radius 1 is 1.53 bits per heavy atom. The lowest BCUT2D eigenvalue weighted by Gasteiger charge is -2.35. The van der Waals surface area contributed by atoms with Crippen LogP contribution >= 0.6 is 0 Å². The number of nitrogens with one attached hydrogen (secondary N) is 1. The smallest absolute Gasteiger partial charge is 0.170 e. The van der Waals surface area contributed by atoms with Gasteiger partial charge in [-0.3, -0.25) is 10.3 Å². The monoisotopic (exact) mass is 212 g/mol. The molecule has 4 heteroatoms. The maximum Gasteiger partial charge on any atom is 0.170 e. The Morgan fingerprint density at radius 2 is 2.13 bits per heavy atom. The number of hydrogen-bond donors (Lipinski definition) is 3. The zero-order chi connectivity index (χ0) is 11.6. The fourth-order valence-electron chi connectivity index (χ4n) is 2.02. The summed E-state index contributed by atoms with van der Waals surface area (Å²) in [6, 6.07) is 0.195. The van der Waals surface area contributed by atoms with Crippen LogP contribution in [0.25, 0.3) is 0 Å². The van der Waals surface area contributed by atoms with E-state index in [1.165, 1.54) is 0 Å². The van der Waals surface area contributed by atoms with E-state index >= 15 is 0 Å². The SMILES string of the molecule is C=NC(O)C1=CC(C(C)C)C(C)NC1O. The highest BCUT2D eigenvalue weighted by atomic mass is 16.3. The number of aliphatic hydroxyl groups is 2. The van der Waals surface area contributed by atoms with Crippen LogP contribution < -0.4 is 5.32 Å². The molecule has 0 fully saturated rings. The van der Waals surface area contributed by atoms with Crippen LogP contribution in [0.15, 0.2) is 16.6 Å². The van der Waals surface area contributed by atoms with Crippen LogP contribution in [-0.2, 0) is 0 Å². The van der Waals surface area contributed by atoms with Crippen LogP contribution in [0, 0.1) is 11.8 Å². The van der Waals surface area contributed by atoms with Gasteiger partial charge < -0.3 is 10.2 Å². The van der Waals surface area contributed by atoms with Gasteiger partial charge in [0.05, 0.1) is 0 Å². The summed E-state index contributed by atoms with van der Waals surface area (Å²) in [6.45, 7) is 9.53. The Hall–Kier alpha value is -0.710. The third-order valence-electron chi connectivity index (χ3n) is 2.94. The molecular formula is C11H20N2O2. The van der Waals surface area contributed by atoms with Gasteiger partial charge in [0.15, 0.2) is 6.23 Å². The highest BCUT2D eigenvalue weighted by Gasteiger charge is 2.30. The van der Waals surface area contributed by atoms with Crippen LogP contribution in [0.2, 0.25) is 0 Å². The molecule has 0 saturated carbocycles. The first-order chi connectivity index (χ1) is 6.97. The van der Waals surface area contributed by atoms with E-state index in [2.05, 4.69) is 30.9 Å². The van der Waals surface area contributed by atoms with Gasteiger partial charge >= 0.3 is 0 Å². The Labute approximate surface area is 90.7 Å². The van der Waals surface area contributed by atoms with Crippen molar-refractivity contribution in [3.8, 4) is 0 Å². The molecule has 0 radical (unpaired) electrons. The fourth-order valence-corrected chi connectivity index (χ4v) is 2.02. The zero-order valence-corrected chi connectivity index (χ0v) is 9.51. The third kappa shape index (κ3) is 2.65. The van der Waals surface area contributed by atoms with E-state index in [1.807, 2.05) is 13.0 Å². The summed E-state index contributed by atoms with van der Waals surface area (Å²) in [4.78, 5) is 3.52. The molecule has 0 bridgehead atoms. The topological polar surface area (TPSA) is 64.9 Å². The number of hydrogen-bond acceptors (Lipinski definition) is 4. The van der Waals surface area contributed by atoms with Crippen molar-refractivity contribution in [2.75, 3.05) is 0 Å². The van der Waals surface area contributed by atoms with Crippen molar-refractivity contribution >= 4 is 6.72 Å². The first-order valence-electron chi connectivity index (χ1n) is 5.27. The van der Waals surface area contributed by atoms with Crippen LogP contribution in [0.1, 0.15) is 20.8 Å². The maximum atomic E-state index is 9.71. The lowest BCUT2D eigenvalue weighted by molar-refractivity contribution is 0.0928. The average Bonchev–Trinajstić information content (AvgIpc) is 2.16. The van der Waals surface area contributed by atoms with E-state index in [-0.39, 0.29) is 6.04 Å². The van der Waals surface area contributed by atoms with Crippen molar-refractivity contribution in [1.29, 1.82) is 0 Å². The Balaban J connectivity index is 2.93. The Kier molecular flexibility index (Phi) is 4.02. The first kappa shape index (κ1) is 12.4.